The van der Waals surface area contributed by atoms with Crippen molar-refractivity contribution in [2.45, 2.75) is 19.9 Å². The number of rotatable bonds is 5. The average molecular weight is 516 g/mol. The number of thiazole rings is 1. The van der Waals surface area contributed by atoms with Gasteiger partial charge in [-0.3, -0.25) is 19.5 Å². The van der Waals surface area contributed by atoms with Gasteiger partial charge in [0, 0.05) is 12.1 Å². The van der Waals surface area contributed by atoms with Crippen molar-refractivity contribution in [1.82, 2.24) is 4.57 Å². The van der Waals surface area contributed by atoms with Gasteiger partial charge in [0.15, 0.2) is 4.80 Å². The highest BCUT2D eigenvalue weighted by molar-refractivity contribution is 7.07. The van der Waals surface area contributed by atoms with Crippen molar-refractivity contribution in [3.63, 3.8) is 0 Å². The quantitative estimate of drug-likeness (QED) is 0.226. The molecular formula is C27H21N3O6S. The first-order valence-electron chi connectivity index (χ1n) is 11.3. The maximum Gasteiger partial charge on any atom is 0.338 e. The number of nitrogens with zero attached hydrogens (tertiary/aromatic N) is 3. The van der Waals surface area contributed by atoms with Crippen molar-refractivity contribution >= 4 is 29.1 Å². The molecule has 0 fully saturated rings. The molecule has 1 aliphatic heterocycles. The van der Waals surface area contributed by atoms with E-state index in [4.69, 9.17) is 9.15 Å². The van der Waals surface area contributed by atoms with Crippen LogP contribution in [-0.4, -0.2) is 22.6 Å². The lowest BCUT2D eigenvalue weighted by molar-refractivity contribution is -0.384. The van der Waals surface area contributed by atoms with Crippen molar-refractivity contribution in [1.29, 1.82) is 0 Å². The lowest BCUT2D eigenvalue weighted by Crippen LogP contribution is -2.39. The fourth-order valence-corrected chi connectivity index (χ4v) is 5.38. The number of hydrogen-bond donors (Lipinski definition) is 0. The summed E-state index contributed by atoms with van der Waals surface area (Å²) in [7, 11) is 1.29. The smallest absolute Gasteiger partial charge is 0.338 e. The number of hydrogen-bond acceptors (Lipinski definition) is 8. The Balaban J connectivity index is 1.64. The van der Waals surface area contributed by atoms with Gasteiger partial charge in [-0.25, -0.2) is 9.79 Å². The number of fused-ring (bicyclic) bond motifs is 1. The first-order valence-corrected chi connectivity index (χ1v) is 12.1. The molecule has 1 atom stereocenters. The van der Waals surface area contributed by atoms with Crippen LogP contribution < -0.4 is 14.9 Å². The van der Waals surface area contributed by atoms with Crippen LogP contribution in [-0.2, 0) is 9.53 Å². The Morgan fingerprint density at radius 1 is 1.16 bits per heavy atom. The molecule has 0 N–H and O–H groups in total. The third-order valence-electron chi connectivity index (χ3n) is 6.06. The molecular weight excluding hydrogens is 494 g/mol. The van der Waals surface area contributed by atoms with Crippen LogP contribution in [0, 0.1) is 17.0 Å². The third-order valence-corrected chi connectivity index (χ3v) is 7.04. The molecule has 0 bridgehead atoms. The molecule has 1 aliphatic rings. The van der Waals surface area contributed by atoms with Crippen molar-refractivity contribution in [3.05, 3.63) is 119 Å². The monoisotopic (exact) mass is 515 g/mol. The number of aryl methyl sites for hydroxylation is 1. The molecule has 3 heterocycles. The molecule has 5 rings (SSSR count). The van der Waals surface area contributed by atoms with Crippen LogP contribution in [0.5, 0.6) is 0 Å². The molecule has 0 amide bonds. The van der Waals surface area contributed by atoms with Crippen LogP contribution in [0.1, 0.15) is 29.9 Å². The van der Waals surface area contributed by atoms with Gasteiger partial charge in [-0.2, -0.15) is 0 Å². The van der Waals surface area contributed by atoms with E-state index >= 15 is 0 Å². The summed E-state index contributed by atoms with van der Waals surface area (Å²) >= 11 is 1.17. The number of methoxy groups -OCH3 is 1. The Morgan fingerprint density at radius 3 is 2.62 bits per heavy atom. The normalized spacial score (nSPS) is 15.3. The Kier molecular flexibility index (Phi) is 6.18. The zero-order valence-electron chi connectivity index (χ0n) is 20.1. The standard InChI is InChI=1S/C27H21N3O6S/c1-15-9-11-19(20(13-15)30(33)34)21-12-10-18(36-21)14-22-25(31)29-24(17-7-5-4-6-8-17)23(26(32)35-3)16(2)28-27(29)37-22/h4-14,24H,1-3H3/b22-14-/t24-/m1/s1. The summed E-state index contributed by atoms with van der Waals surface area (Å²) in [5.41, 5.74) is 2.22. The van der Waals surface area contributed by atoms with Crippen LogP contribution in [0.4, 0.5) is 5.69 Å². The summed E-state index contributed by atoms with van der Waals surface area (Å²) in [6.45, 7) is 3.49. The fourth-order valence-electron chi connectivity index (χ4n) is 4.35. The van der Waals surface area contributed by atoms with Gasteiger partial charge >= 0.3 is 5.97 Å². The number of furan rings is 1. The summed E-state index contributed by atoms with van der Waals surface area (Å²) in [4.78, 5) is 42.3. The minimum absolute atomic E-state index is 0.0612. The summed E-state index contributed by atoms with van der Waals surface area (Å²) in [5, 5.41) is 11.5. The van der Waals surface area contributed by atoms with Gasteiger partial charge in [-0.1, -0.05) is 47.7 Å². The van der Waals surface area contributed by atoms with E-state index in [9.17, 15) is 19.7 Å². The Bertz CT molecular complexity index is 1760. The van der Waals surface area contributed by atoms with E-state index in [0.717, 1.165) is 11.1 Å². The summed E-state index contributed by atoms with van der Waals surface area (Å²) in [6, 6.07) is 16.7. The zero-order chi connectivity index (χ0) is 26.3. The van der Waals surface area contributed by atoms with Gasteiger partial charge in [-0.15, -0.1) is 0 Å². The molecule has 4 aromatic rings. The number of carbonyl (C=O) groups excluding carboxylic acids is 1. The molecule has 9 nitrogen and oxygen atoms in total. The lowest BCUT2D eigenvalue weighted by atomic mass is 9.96. The Labute approximate surface area is 214 Å². The molecule has 2 aromatic carbocycles. The predicted molar refractivity (Wildman–Crippen MR) is 138 cm³/mol. The molecule has 2 aromatic heterocycles. The van der Waals surface area contributed by atoms with Crippen LogP contribution in [0.2, 0.25) is 0 Å². The highest BCUT2D eigenvalue weighted by atomic mass is 32.1. The minimum atomic E-state index is -0.700. The molecule has 186 valence electrons. The van der Waals surface area contributed by atoms with E-state index in [-0.39, 0.29) is 11.2 Å². The SMILES string of the molecule is COC(=O)C1=C(C)N=c2s/c(=C\c3ccc(-c4ccc(C)cc4[N+](=O)[O-])o3)c(=O)n2[C@@H]1c1ccccc1. The highest BCUT2D eigenvalue weighted by Gasteiger charge is 2.33. The van der Waals surface area contributed by atoms with Gasteiger partial charge in [0.1, 0.15) is 11.5 Å². The number of nitro groups is 1. The maximum absolute atomic E-state index is 13.6. The fraction of sp³-hybridized carbons (Fsp3) is 0.148. The van der Waals surface area contributed by atoms with E-state index < -0.39 is 16.9 Å². The van der Waals surface area contributed by atoms with E-state index in [0.29, 0.717) is 37.7 Å². The molecule has 0 spiro atoms. The molecule has 0 saturated heterocycles. The van der Waals surface area contributed by atoms with E-state index in [1.54, 1.807) is 44.2 Å². The van der Waals surface area contributed by atoms with Crippen molar-refractivity contribution in [2.24, 2.45) is 4.99 Å². The van der Waals surface area contributed by atoms with Crippen LogP contribution in [0.3, 0.4) is 0 Å². The zero-order valence-corrected chi connectivity index (χ0v) is 20.9. The number of aromatic nitrogens is 1. The summed E-state index contributed by atoms with van der Waals surface area (Å²) < 4.78 is 12.7. The number of benzene rings is 2. The van der Waals surface area contributed by atoms with Crippen LogP contribution in [0.25, 0.3) is 17.4 Å². The molecule has 10 heteroatoms. The second-order valence-corrected chi connectivity index (χ2v) is 9.47. The van der Waals surface area contributed by atoms with E-state index in [2.05, 4.69) is 4.99 Å². The first kappa shape index (κ1) is 24.1. The maximum atomic E-state index is 13.6. The number of carbonyl (C=O) groups is 1. The highest BCUT2D eigenvalue weighted by Crippen LogP contribution is 2.33. The Hall–Kier alpha value is -4.57. The van der Waals surface area contributed by atoms with E-state index in [1.807, 2.05) is 30.3 Å². The number of nitro benzene ring substituents is 1. The van der Waals surface area contributed by atoms with Gasteiger partial charge in [0.05, 0.1) is 39.4 Å². The van der Waals surface area contributed by atoms with Crippen molar-refractivity contribution < 1.29 is 18.9 Å². The van der Waals surface area contributed by atoms with Crippen molar-refractivity contribution in [3.8, 4) is 11.3 Å². The first-order chi connectivity index (χ1) is 17.8. The van der Waals surface area contributed by atoms with Gasteiger partial charge < -0.3 is 9.15 Å². The molecule has 0 radical (unpaired) electrons. The lowest BCUT2D eigenvalue weighted by Gasteiger charge is -2.24. The molecule has 0 aliphatic carbocycles. The predicted octanol–water partition coefficient (Wildman–Crippen LogP) is 3.88. The largest absolute Gasteiger partial charge is 0.466 e. The van der Waals surface area contributed by atoms with Gasteiger partial charge in [-0.05, 0) is 43.2 Å². The van der Waals surface area contributed by atoms with Crippen LogP contribution in [0.15, 0.2) is 86.1 Å². The number of esters is 1. The number of ether oxygens (including phenoxy) is 1. The van der Waals surface area contributed by atoms with Crippen molar-refractivity contribution in [2.75, 3.05) is 7.11 Å². The summed E-state index contributed by atoms with van der Waals surface area (Å²) in [6.07, 6.45) is 1.58. The molecule has 0 saturated carbocycles. The van der Waals surface area contributed by atoms with Gasteiger partial charge in [0.2, 0.25) is 0 Å². The van der Waals surface area contributed by atoms with Crippen LogP contribution >= 0.6 is 11.3 Å². The second kappa shape index (κ2) is 9.47. The molecule has 37 heavy (non-hydrogen) atoms. The Morgan fingerprint density at radius 2 is 1.92 bits per heavy atom. The minimum Gasteiger partial charge on any atom is -0.466 e. The molecule has 0 unspecified atom stereocenters. The van der Waals surface area contributed by atoms with Gasteiger partial charge in [0.25, 0.3) is 11.2 Å². The summed E-state index contributed by atoms with van der Waals surface area (Å²) in [5.74, 6) is 0.117. The number of allylic oxidation sites excluding steroid dienone is 1. The topological polar surface area (TPSA) is 117 Å². The second-order valence-electron chi connectivity index (χ2n) is 8.46. The third kappa shape index (κ3) is 4.31. The average Bonchev–Trinajstić information content (AvgIpc) is 3.47. The van der Waals surface area contributed by atoms with E-state index in [1.165, 1.54) is 29.1 Å².